The standard InChI is InChI=1S/C18H18BrN3O3S2/c1-3-22(4-2)27(24,25)14-8-5-12(6-9-14)17(23)21-18-20-15-10-7-13(19)11-16(15)26-18/h5-11H,3-4H2,1-2H3,(H,20,21,23). The zero-order valence-corrected chi connectivity index (χ0v) is 18.0. The monoisotopic (exact) mass is 467 g/mol. The lowest BCUT2D eigenvalue weighted by Crippen LogP contribution is -2.30. The van der Waals surface area contributed by atoms with E-state index in [1.165, 1.54) is 39.9 Å². The fourth-order valence-corrected chi connectivity index (χ4v) is 5.48. The summed E-state index contributed by atoms with van der Waals surface area (Å²) in [5.74, 6) is -0.333. The van der Waals surface area contributed by atoms with E-state index in [0.29, 0.717) is 23.8 Å². The minimum absolute atomic E-state index is 0.174. The second-order valence-electron chi connectivity index (χ2n) is 5.70. The quantitative estimate of drug-likeness (QED) is 0.584. The van der Waals surface area contributed by atoms with Crippen molar-refractivity contribution in [1.82, 2.24) is 9.29 Å². The molecular weight excluding hydrogens is 450 g/mol. The SMILES string of the molecule is CCN(CC)S(=O)(=O)c1ccc(C(=O)Nc2nc3ccc(Br)cc3s2)cc1. The molecule has 0 fully saturated rings. The number of hydrogen-bond acceptors (Lipinski definition) is 5. The van der Waals surface area contributed by atoms with Crippen molar-refractivity contribution in [2.45, 2.75) is 18.7 Å². The number of hydrogen-bond donors (Lipinski definition) is 1. The number of aromatic nitrogens is 1. The molecule has 0 aliphatic rings. The number of carbonyl (C=O) groups is 1. The van der Waals surface area contributed by atoms with Crippen molar-refractivity contribution >= 4 is 58.5 Å². The van der Waals surface area contributed by atoms with Gasteiger partial charge in [0.25, 0.3) is 5.91 Å². The first kappa shape index (κ1) is 19.9. The Kier molecular flexibility index (Phi) is 5.95. The third-order valence-corrected chi connectivity index (χ3v) is 7.52. The molecular formula is C18H18BrN3O3S2. The lowest BCUT2D eigenvalue weighted by atomic mass is 10.2. The van der Waals surface area contributed by atoms with Crippen LogP contribution in [0.5, 0.6) is 0 Å². The fourth-order valence-electron chi connectivity index (χ4n) is 2.61. The average Bonchev–Trinajstić information content (AvgIpc) is 3.03. The summed E-state index contributed by atoms with van der Waals surface area (Å²) in [6, 6.07) is 11.6. The topological polar surface area (TPSA) is 79.4 Å². The average molecular weight is 468 g/mol. The highest BCUT2D eigenvalue weighted by Gasteiger charge is 2.21. The van der Waals surface area contributed by atoms with Gasteiger partial charge in [-0.15, -0.1) is 0 Å². The van der Waals surface area contributed by atoms with Gasteiger partial charge >= 0.3 is 0 Å². The largest absolute Gasteiger partial charge is 0.298 e. The zero-order valence-electron chi connectivity index (χ0n) is 14.8. The molecule has 3 aromatic rings. The second kappa shape index (κ2) is 8.05. The predicted octanol–water partition coefficient (Wildman–Crippen LogP) is 4.34. The molecule has 142 valence electrons. The van der Waals surface area contributed by atoms with Crippen molar-refractivity contribution < 1.29 is 13.2 Å². The summed E-state index contributed by atoms with van der Waals surface area (Å²) in [4.78, 5) is 17.0. The summed E-state index contributed by atoms with van der Waals surface area (Å²) >= 11 is 4.79. The van der Waals surface area contributed by atoms with Crippen molar-refractivity contribution in [1.29, 1.82) is 0 Å². The highest BCUT2D eigenvalue weighted by Crippen LogP contribution is 2.28. The molecule has 1 N–H and O–H groups in total. The lowest BCUT2D eigenvalue weighted by molar-refractivity contribution is 0.102. The third kappa shape index (κ3) is 4.21. The van der Waals surface area contributed by atoms with Gasteiger partial charge in [0.1, 0.15) is 0 Å². The first-order chi connectivity index (χ1) is 12.8. The maximum atomic E-state index is 12.5. The van der Waals surface area contributed by atoms with Crippen molar-refractivity contribution in [3.05, 3.63) is 52.5 Å². The Labute approximate surface area is 170 Å². The summed E-state index contributed by atoms with van der Waals surface area (Å²) < 4.78 is 28.3. The first-order valence-corrected chi connectivity index (χ1v) is 11.4. The van der Waals surface area contributed by atoms with Crippen molar-refractivity contribution in [2.24, 2.45) is 0 Å². The zero-order chi connectivity index (χ0) is 19.6. The van der Waals surface area contributed by atoms with Gasteiger partial charge in [-0.2, -0.15) is 4.31 Å². The smallest absolute Gasteiger partial charge is 0.257 e. The van der Waals surface area contributed by atoms with Crippen LogP contribution in [0, 0.1) is 0 Å². The van der Waals surface area contributed by atoms with Gasteiger partial charge in [-0.1, -0.05) is 41.1 Å². The van der Waals surface area contributed by atoms with Crippen LogP contribution in [0.15, 0.2) is 51.8 Å². The predicted molar refractivity (Wildman–Crippen MR) is 112 cm³/mol. The molecule has 9 heteroatoms. The normalized spacial score (nSPS) is 11.9. The van der Waals surface area contributed by atoms with Crippen LogP contribution in [0.2, 0.25) is 0 Å². The number of nitrogens with one attached hydrogen (secondary N) is 1. The maximum absolute atomic E-state index is 12.5. The van der Waals surface area contributed by atoms with Gasteiger partial charge in [0.15, 0.2) is 5.13 Å². The second-order valence-corrected chi connectivity index (χ2v) is 9.58. The molecule has 1 aromatic heterocycles. The molecule has 0 aliphatic heterocycles. The van der Waals surface area contributed by atoms with Gasteiger partial charge in [0.05, 0.1) is 15.1 Å². The molecule has 0 unspecified atom stereocenters. The van der Waals surface area contributed by atoms with Crippen LogP contribution in [0.4, 0.5) is 5.13 Å². The van der Waals surface area contributed by atoms with Gasteiger partial charge in [-0.3, -0.25) is 10.1 Å². The number of thiazole rings is 1. The molecule has 0 saturated heterocycles. The van der Waals surface area contributed by atoms with Crippen LogP contribution >= 0.6 is 27.3 Å². The Morgan fingerprint density at radius 3 is 2.44 bits per heavy atom. The number of nitrogens with zero attached hydrogens (tertiary/aromatic N) is 2. The van der Waals surface area contributed by atoms with Gasteiger partial charge in [0, 0.05) is 23.1 Å². The number of halogens is 1. The Hall–Kier alpha value is -1.81. The van der Waals surface area contributed by atoms with Crippen LogP contribution in [0.1, 0.15) is 24.2 Å². The van der Waals surface area contributed by atoms with Crippen molar-refractivity contribution in [3.63, 3.8) is 0 Å². The summed E-state index contributed by atoms with van der Waals surface area (Å²) in [5, 5.41) is 3.26. The van der Waals surface area contributed by atoms with Crippen molar-refractivity contribution in [2.75, 3.05) is 18.4 Å². The highest BCUT2D eigenvalue weighted by molar-refractivity contribution is 9.10. The van der Waals surface area contributed by atoms with Crippen LogP contribution < -0.4 is 5.32 Å². The molecule has 1 heterocycles. The fraction of sp³-hybridized carbons (Fsp3) is 0.222. The van der Waals surface area contributed by atoms with E-state index < -0.39 is 10.0 Å². The first-order valence-electron chi connectivity index (χ1n) is 8.32. The van der Waals surface area contributed by atoms with Gasteiger partial charge in [-0.25, -0.2) is 13.4 Å². The molecule has 0 atom stereocenters. The van der Waals surface area contributed by atoms with Crippen LogP contribution in [0.25, 0.3) is 10.2 Å². The molecule has 6 nitrogen and oxygen atoms in total. The number of rotatable bonds is 6. The Morgan fingerprint density at radius 1 is 1.15 bits per heavy atom. The summed E-state index contributed by atoms with van der Waals surface area (Å²) in [5.41, 5.74) is 1.17. The number of sulfonamides is 1. The van der Waals surface area contributed by atoms with E-state index in [-0.39, 0.29) is 10.8 Å². The summed E-state index contributed by atoms with van der Waals surface area (Å²) in [7, 11) is -3.54. The number of fused-ring (bicyclic) bond motifs is 1. The molecule has 2 aromatic carbocycles. The van der Waals surface area contributed by atoms with Crippen LogP contribution in [-0.4, -0.2) is 36.7 Å². The molecule has 0 radical (unpaired) electrons. The lowest BCUT2D eigenvalue weighted by Gasteiger charge is -2.18. The Morgan fingerprint density at radius 2 is 1.81 bits per heavy atom. The number of benzene rings is 2. The number of anilines is 1. The molecule has 3 rings (SSSR count). The summed E-state index contributed by atoms with van der Waals surface area (Å²) in [6.45, 7) is 4.38. The minimum atomic E-state index is -3.54. The third-order valence-electron chi connectivity index (χ3n) is 4.03. The van der Waals surface area contributed by atoms with E-state index in [9.17, 15) is 13.2 Å². The van der Waals surface area contributed by atoms with E-state index in [4.69, 9.17) is 0 Å². The number of amides is 1. The van der Waals surface area contributed by atoms with E-state index in [2.05, 4.69) is 26.2 Å². The molecule has 0 aliphatic carbocycles. The molecule has 0 spiro atoms. The van der Waals surface area contributed by atoms with E-state index in [1.54, 1.807) is 13.8 Å². The van der Waals surface area contributed by atoms with E-state index in [1.807, 2.05) is 18.2 Å². The van der Waals surface area contributed by atoms with E-state index in [0.717, 1.165) is 14.7 Å². The number of carbonyl (C=O) groups excluding carboxylic acids is 1. The van der Waals surface area contributed by atoms with Crippen LogP contribution in [-0.2, 0) is 10.0 Å². The van der Waals surface area contributed by atoms with Gasteiger partial charge in [0.2, 0.25) is 10.0 Å². The Bertz CT molecular complexity index is 1070. The van der Waals surface area contributed by atoms with E-state index >= 15 is 0 Å². The van der Waals surface area contributed by atoms with Gasteiger partial charge < -0.3 is 0 Å². The van der Waals surface area contributed by atoms with Crippen molar-refractivity contribution in [3.8, 4) is 0 Å². The highest BCUT2D eigenvalue weighted by atomic mass is 79.9. The van der Waals surface area contributed by atoms with Crippen LogP contribution in [0.3, 0.4) is 0 Å². The summed E-state index contributed by atoms with van der Waals surface area (Å²) in [6.07, 6.45) is 0. The minimum Gasteiger partial charge on any atom is -0.298 e. The molecule has 0 saturated carbocycles. The molecule has 0 bridgehead atoms. The van der Waals surface area contributed by atoms with Gasteiger partial charge in [-0.05, 0) is 42.5 Å². The Balaban J connectivity index is 1.79. The molecule has 27 heavy (non-hydrogen) atoms. The maximum Gasteiger partial charge on any atom is 0.257 e. The molecule has 1 amide bonds.